The van der Waals surface area contributed by atoms with Crippen molar-refractivity contribution in [3.05, 3.63) is 76.6 Å². The van der Waals surface area contributed by atoms with Crippen LogP contribution >= 0.6 is 0 Å². The standard InChI is InChI=1S/C26H28F2/c1-2-3-4-5-6-21-10-14-24(26(28)19-21)13-9-20-7-11-22(12-8-20)23-15-17-25(27)18-16-23/h5-8,10-12,14,19,23,25H,2-4,15-18H2,1H3/b6-5+. The Hall–Kier alpha value is -2.40. The van der Waals surface area contributed by atoms with Crippen molar-refractivity contribution in [3.63, 3.8) is 0 Å². The van der Waals surface area contributed by atoms with Crippen molar-refractivity contribution >= 4 is 6.08 Å². The van der Waals surface area contributed by atoms with Crippen molar-refractivity contribution in [1.82, 2.24) is 0 Å². The molecule has 1 aliphatic rings. The number of rotatable bonds is 5. The highest BCUT2D eigenvalue weighted by Gasteiger charge is 2.21. The third-order valence-corrected chi connectivity index (χ3v) is 5.41. The third-order valence-electron chi connectivity index (χ3n) is 5.41. The Morgan fingerprint density at radius 1 is 1.00 bits per heavy atom. The van der Waals surface area contributed by atoms with Gasteiger partial charge in [-0.25, -0.2) is 8.78 Å². The van der Waals surface area contributed by atoms with Gasteiger partial charge in [0.2, 0.25) is 0 Å². The van der Waals surface area contributed by atoms with E-state index in [0.29, 0.717) is 24.3 Å². The summed E-state index contributed by atoms with van der Waals surface area (Å²) in [6.45, 7) is 2.16. The lowest BCUT2D eigenvalue weighted by Gasteiger charge is -2.24. The minimum absolute atomic E-state index is 0.287. The molecule has 0 bridgehead atoms. The van der Waals surface area contributed by atoms with E-state index >= 15 is 0 Å². The van der Waals surface area contributed by atoms with Crippen LogP contribution in [0.2, 0.25) is 0 Å². The van der Waals surface area contributed by atoms with E-state index in [2.05, 4.69) is 37.0 Å². The summed E-state index contributed by atoms with van der Waals surface area (Å²) in [4.78, 5) is 0. The quantitative estimate of drug-likeness (QED) is 0.375. The molecule has 0 radical (unpaired) electrons. The highest BCUT2D eigenvalue weighted by molar-refractivity contribution is 5.53. The molecule has 146 valence electrons. The van der Waals surface area contributed by atoms with Gasteiger partial charge in [-0.1, -0.05) is 62.0 Å². The van der Waals surface area contributed by atoms with E-state index < -0.39 is 6.17 Å². The molecule has 28 heavy (non-hydrogen) atoms. The number of benzene rings is 2. The van der Waals surface area contributed by atoms with Gasteiger partial charge in [-0.3, -0.25) is 0 Å². The Balaban J connectivity index is 1.64. The predicted molar refractivity (Wildman–Crippen MR) is 113 cm³/mol. The minimum atomic E-state index is -0.630. The zero-order chi connectivity index (χ0) is 19.8. The summed E-state index contributed by atoms with van der Waals surface area (Å²) < 4.78 is 27.6. The molecule has 0 aromatic heterocycles. The fourth-order valence-electron chi connectivity index (χ4n) is 3.64. The van der Waals surface area contributed by atoms with Crippen molar-refractivity contribution in [3.8, 4) is 11.8 Å². The molecule has 3 rings (SSSR count). The van der Waals surface area contributed by atoms with Crippen molar-refractivity contribution in [1.29, 1.82) is 0 Å². The first-order chi connectivity index (χ1) is 13.7. The van der Waals surface area contributed by atoms with Gasteiger partial charge < -0.3 is 0 Å². The topological polar surface area (TPSA) is 0 Å². The molecule has 0 aliphatic heterocycles. The van der Waals surface area contributed by atoms with Crippen LogP contribution in [0.5, 0.6) is 0 Å². The summed E-state index contributed by atoms with van der Waals surface area (Å²) in [5.74, 6) is 6.15. The van der Waals surface area contributed by atoms with Gasteiger partial charge in [0.15, 0.2) is 0 Å². The summed E-state index contributed by atoms with van der Waals surface area (Å²) in [6, 6.07) is 13.3. The van der Waals surface area contributed by atoms with Gasteiger partial charge in [0.1, 0.15) is 12.0 Å². The molecule has 2 aromatic carbocycles. The predicted octanol–water partition coefficient (Wildman–Crippen LogP) is 7.42. The first kappa shape index (κ1) is 20.3. The Kier molecular flexibility index (Phi) is 7.43. The zero-order valence-corrected chi connectivity index (χ0v) is 16.6. The summed E-state index contributed by atoms with van der Waals surface area (Å²) in [5.41, 5.74) is 3.40. The smallest absolute Gasteiger partial charge is 0.139 e. The molecule has 0 unspecified atom stereocenters. The highest BCUT2D eigenvalue weighted by atomic mass is 19.1. The fraction of sp³-hybridized carbons (Fsp3) is 0.385. The van der Waals surface area contributed by atoms with E-state index in [1.54, 1.807) is 6.07 Å². The Bertz CT molecular complexity index is 844. The number of allylic oxidation sites excluding steroid dienone is 1. The van der Waals surface area contributed by atoms with Gasteiger partial charge in [0, 0.05) is 5.56 Å². The van der Waals surface area contributed by atoms with Gasteiger partial charge >= 0.3 is 0 Å². The lowest BCUT2D eigenvalue weighted by atomic mass is 9.83. The third kappa shape index (κ3) is 5.80. The number of alkyl halides is 1. The second-order valence-corrected chi connectivity index (χ2v) is 7.60. The monoisotopic (exact) mass is 378 g/mol. The van der Waals surface area contributed by atoms with Crippen LogP contribution in [0, 0.1) is 17.7 Å². The fourth-order valence-corrected chi connectivity index (χ4v) is 3.64. The molecule has 1 saturated carbocycles. The minimum Gasteiger partial charge on any atom is -0.247 e. The lowest BCUT2D eigenvalue weighted by Crippen LogP contribution is -2.13. The molecule has 0 atom stereocenters. The van der Waals surface area contributed by atoms with Crippen LogP contribution in [-0.4, -0.2) is 6.17 Å². The second-order valence-electron chi connectivity index (χ2n) is 7.60. The first-order valence-electron chi connectivity index (χ1n) is 10.4. The average molecular weight is 379 g/mol. The summed E-state index contributed by atoms with van der Waals surface area (Å²) in [5, 5.41) is 0. The maximum Gasteiger partial charge on any atom is 0.139 e. The van der Waals surface area contributed by atoms with E-state index in [4.69, 9.17) is 0 Å². The van der Waals surface area contributed by atoms with Crippen LogP contribution in [-0.2, 0) is 0 Å². The maximum atomic E-state index is 14.3. The van der Waals surface area contributed by atoms with E-state index in [1.165, 1.54) is 11.6 Å². The molecule has 0 saturated heterocycles. The largest absolute Gasteiger partial charge is 0.247 e. The number of hydrogen-bond donors (Lipinski definition) is 0. The number of unbranched alkanes of at least 4 members (excludes halogenated alkanes) is 2. The van der Waals surface area contributed by atoms with Crippen molar-refractivity contribution in [2.75, 3.05) is 0 Å². The van der Waals surface area contributed by atoms with E-state index in [0.717, 1.165) is 43.2 Å². The maximum absolute atomic E-state index is 14.3. The van der Waals surface area contributed by atoms with Crippen LogP contribution in [0.25, 0.3) is 6.08 Å². The normalized spacial score (nSPS) is 19.4. The summed E-state index contributed by atoms with van der Waals surface area (Å²) in [7, 11) is 0. The van der Waals surface area contributed by atoms with E-state index in [1.807, 2.05) is 24.3 Å². The highest BCUT2D eigenvalue weighted by Crippen LogP contribution is 2.34. The number of hydrogen-bond acceptors (Lipinski definition) is 0. The number of halogens is 2. The van der Waals surface area contributed by atoms with Crippen LogP contribution in [0.1, 0.15) is 80.0 Å². The van der Waals surface area contributed by atoms with Gasteiger partial charge in [0.05, 0.1) is 5.56 Å². The van der Waals surface area contributed by atoms with Gasteiger partial charge in [-0.05, 0) is 73.4 Å². The molecule has 1 fully saturated rings. The molecule has 0 amide bonds. The van der Waals surface area contributed by atoms with Crippen LogP contribution < -0.4 is 0 Å². The second kappa shape index (κ2) is 10.2. The molecule has 0 heterocycles. The van der Waals surface area contributed by atoms with Gasteiger partial charge in [-0.15, -0.1) is 0 Å². The molecule has 2 heteroatoms. The molecule has 2 aromatic rings. The van der Waals surface area contributed by atoms with Crippen LogP contribution in [0.3, 0.4) is 0 Å². The van der Waals surface area contributed by atoms with Gasteiger partial charge in [-0.2, -0.15) is 0 Å². The Labute approximate surface area is 167 Å². The molecular formula is C26H28F2. The Morgan fingerprint density at radius 3 is 2.43 bits per heavy atom. The van der Waals surface area contributed by atoms with Crippen LogP contribution in [0.15, 0.2) is 48.5 Å². The van der Waals surface area contributed by atoms with Crippen molar-refractivity contribution in [2.45, 2.75) is 64.0 Å². The average Bonchev–Trinajstić information content (AvgIpc) is 2.72. The van der Waals surface area contributed by atoms with Gasteiger partial charge in [0.25, 0.3) is 0 Å². The molecule has 0 N–H and O–H groups in total. The summed E-state index contributed by atoms with van der Waals surface area (Å²) >= 11 is 0. The Morgan fingerprint density at radius 2 is 1.75 bits per heavy atom. The molecule has 0 spiro atoms. The summed E-state index contributed by atoms with van der Waals surface area (Å²) in [6.07, 6.45) is 9.90. The van der Waals surface area contributed by atoms with E-state index in [9.17, 15) is 8.78 Å². The molecular weight excluding hydrogens is 350 g/mol. The molecule has 1 aliphatic carbocycles. The molecule has 0 nitrogen and oxygen atoms in total. The first-order valence-corrected chi connectivity index (χ1v) is 10.4. The van der Waals surface area contributed by atoms with Crippen molar-refractivity contribution in [2.24, 2.45) is 0 Å². The van der Waals surface area contributed by atoms with Crippen LogP contribution in [0.4, 0.5) is 8.78 Å². The van der Waals surface area contributed by atoms with Crippen molar-refractivity contribution < 1.29 is 8.78 Å². The zero-order valence-electron chi connectivity index (χ0n) is 16.6. The lowest BCUT2D eigenvalue weighted by molar-refractivity contribution is 0.235. The van der Waals surface area contributed by atoms with E-state index in [-0.39, 0.29) is 5.82 Å². The SMILES string of the molecule is CCCC/C=C/c1ccc(C#Cc2ccc(C3CCC(F)CC3)cc2)c(F)c1.